The summed E-state index contributed by atoms with van der Waals surface area (Å²) in [6, 6.07) is 21.0. The molecular weight excluding hydrogens is 382 g/mol. The van der Waals surface area contributed by atoms with Gasteiger partial charge >= 0.3 is 5.97 Å². The zero-order chi connectivity index (χ0) is 21.5. The van der Waals surface area contributed by atoms with Crippen molar-refractivity contribution < 1.29 is 23.8 Å². The normalized spacial score (nSPS) is 11.3. The molecule has 0 bridgehead atoms. The number of ether oxygens (including phenoxy) is 3. The van der Waals surface area contributed by atoms with Crippen LogP contribution in [0, 0.1) is 6.92 Å². The highest BCUT2D eigenvalue weighted by atomic mass is 16.6. The highest BCUT2D eigenvalue weighted by molar-refractivity contribution is 5.99. The second kappa shape index (κ2) is 9.60. The highest BCUT2D eigenvalue weighted by Gasteiger charge is 2.27. The van der Waals surface area contributed by atoms with Crippen LogP contribution in [0.3, 0.4) is 0 Å². The van der Waals surface area contributed by atoms with E-state index in [-0.39, 0.29) is 5.56 Å². The summed E-state index contributed by atoms with van der Waals surface area (Å²) in [5, 5.41) is 2.78. The van der Waals surface area contributed by atoms with E-state index in [9.17, 15) is 9.59 Å². The van der Waals surface area contributed by atoms with Crippen LogP contribution in [0.15, 0.2) is 72.8 Å². The van der Waals surface area contributed by atoms with Crippen LogP contribution in [0.2, 0.25) is 0 Å². The van der Waals surface area contributed by atoms with Crippen LogP contribution in [0.1, 0.15) is 27.6 Å². The number of rotatable bonds is 7. The first kappa shape index (κ1) is 20.9. The summed E-state index contributed by atoms with van der Waals surface area (Å²) in [4.78, 5) is 26.0. The number of carbonyl (C=O) groups excluding carboxylic acids is 2. The van der Waals surface area contributed by atoms with E-state index in [1.54, 1.807) is 67.8 Å². The van der Waals surface area contributed by atoms with E-state index in [1.165, 1.54) is 7.11 Å². The lowest BCUT2D eigenvalue weighted by Gasteiger charge is -2.19. The first-order valence-corrected chi connectivity index (χ1v) is 9.37. The van der Waals surface area contributed by atoms with Crippen LogP contribution >= 0.6 is 0 Å². The average molecular weight is 405 g/mol. The number of methoxy groups -OCH3 is 2. The van der Waals surface area contributed by atoms with Crippen molar-refractivity contribution in [1.82, 2.24) is 0 Å². The van der Waals surface area contributed by atoms with Crippen molar-refractivity contribution in [3.63, 3.8) is 0 Å². The average Bonchev–Trinajstić information content (AvgIpc) is 2.77. The van der Waals surface area contributed by atoms with Gasteiger partial charge in [-0.25, -0.2) is 4.79 Å². The molecule has 30 heavy (non-hydrogen) atoms. The second-order valence-corrected chi connectivity index (χ2v) is 6.62. The van der Waals surface area contributed by atoms with E-state index in [1.807, 2.05) is 19.1 Å². The number of hydrogen-bond acceptors (Lipinski definition) is 5. The van der Waals surface area contributed by atoms with Crippen LogP contribution in [-0.2, 0) is 9.53 Å². The zero-order valence-corrected chi connectivity index (χ0v) is 17.0. The van der Waals surface area contributed by atoms with E-state index in [0.717, 1.165) is 5.56 Å². The predicted molar refractivity (Wildman–Crippen MR) is 114 cm³/mol. The van der Waals surface area contributed by atoms with Crippen LogP contribution < -0.4 is 14.8 Å². The van der Waals surface area contributed by atoms with E-state index in [0.29, 0.717) is 22.7 Å². The maximum absolute atomic E-state index is 13.0. The molecule has 0 aliphatic rings. The summed E-state index contributed by atoms with van der Waals surface area (Å²) in [5.74, 6) is -0.143. The summed E-state index contributed by atoms with van der Waals surface area (Å²) in [6.45, 7) is 1.86. The van der Waals surface area contributed by atoms with Gasteiger partial charge in [0, 0.05) is 17.3 Å². The molecule has 0 spiro atoms. The van der Waals surface area contributed by atoms with Crippen molar-refractivity contribution in [3.8, 4) is 11.5 Å². The number of anilines is 1. The van der Waals surface area contributed by atoms with Crippen molar-refractivity contribution >= 4 is 17.6 Å². The van der Waals surface area contributed by atoms with Crippen molar-refractivity contribution in [1.29, 1.82) is 0 Å². The maximum atomic E-state index is 13.0. The van der Waals surface area contributed by atoms with E-state index in [2.05, 4.69) is 5.32 Å². The Hall–Kier alpha value is -3.80. The maximum Gasteiger partial charge on any atom is 0.343 e. The molecule has 1 amide bonds. The third kappa shape index (κ3) is 4.97. The fourth-order valence-electron chi connectivity index (χ4n) is 2.96. The minimum absolute atomic E-state index is 0.257. The molecule has 0 aromatic heterocycles. The van der Waals surface area contributed by atoms with Gasteiger partial charge in [-0.1, -0.05) is 48.0 Å². The van der Waals surface area contributed by atoms with Gasteiger partial charge in [0.05, 0.1) is 14.2 Å². The molecule has 6 nitrogen and oxygen atoms in total. The largest absolute Gasteiger partial charge is 0.497 e. The molecule has 3 aromatic rings. The van der Waals surface area contributed by atoms with Gasteiger partial charge in [-0.05, 0) is 31.2 Å². The first-order valence-electron chi connectivity index (χ1n) is 9.37. The van der Waals surface area contributed by atoms with Gasteiger partial charge in [0.2, 0.25) is 6.10 Å². The Kier molecular flexibility index (Phi) is 6.70. The molecule has 3 rings (SSSR count). The van der Waals surface area contributed by atoms with E-state index >= 15 is 0 Å². The number of esters is 1. The number of aryl methyl sites for hydroxylation is 1. The topological polar surface area (TPSA) is 73.9 Å². The molecule has 0 saturated carbocycles. The number of hydrogen-bond donors (Lipinski definition) is 1. The van der Waals surface area contributed by atoms with Crippen molar-refractivity contribution in [2.45, 2.75) is 13.0 Å². The fourth-order valence-corrected chi connectivity index (χ4v) is 2.96. The molecule has 0 aliphatic carbocycles. The molecule has 0 unspecified atom stereocenters. The lowest BCUT2D eigenvalue weighted by atomic mass is 10.1. The summed E-state index contributed by atoms with van der Waals surface area (Å²) >= 11 is 0. The molecule has 0 saturated heterocycles. The van der Waals surface area contributed by atoms with Crippen LogP contribution in [0.4, 0.5) is 5.69 Å². The number of benzene rings is 3. The van der Waals surface area contributed by atoms with Crippen molar-refractivity contribution in [2.75, 3.05) is 19.5 Å². The Labute approximate surface area is 175 Å². The third-order valence-corrected chi connectivity index (χ3v) is 4.48. The SMILES string of the molecule is COc1cccc(NC(=O)[C@@H](OC(=O)c2cc(C)ccc2OC)c2ccccc2)c1. The van der Waals surface area contributed by atoms with E-state index < -0.39 is 18.0 Å². The molecule has 1 N–H and O–H groups in total. The van der Waals surface area contributed by atoms with Gasteiger partial charge in [-0.3, -0.25) is 4.79 Å². The monoisotopic (exact) mass is 405 g/mol. The van der Waals surface area contributed by atoms with Crippen molar-refractivity contribution in [3.05, 3.63) is 89.5 Å². The highest BCUT2D eigenvalue weighted by Crippen LogP contribution is 2.26. The minimum atomic E-state index is -1.14. The van der Waals surface area contributed by atoms with Crippen molar-refractivity contribution in [2.24, 2.45) is 0 Å². The molecule has 154 valence electrons. The predicted octanol–water partition coefficient (Wildman–Crippen LogP) is 4.55. The molecule has 6 heteroatoms. The summed E-state index contributed by atoms with van der Waals surface area (Å²) in [5.41, 5.74) is 2.22. The summed E-state index contributed by atoms with van der Waals surface area (Å²) in [7, 11) is 3.02. The number of carbonyl (C=O) groups is 2. The van der Waals surface area contributed by atoms with Gasteiger partial charge in [0.1, 0.15) is 17.1 Å². The zero-order valence-electron chi connectivity index (χ0n) is 17.0. The number of nitrogens with one attached hydrogen (secondary N) is 1. The Morgan fingerprint density at radius 1 is 0.867 bits per heavy atom. The summed E-state index contributed by atoms with van der Waals surface area (Å²) < 4.78 is 16.1. The van der Waals surface area contributed by atoms with Crippen LogP contribution in [0.5, 0.6) is 11.5 Å². The Morgan fingerprint density at radius 3 is 2.33 bits per heavy atom. The lowest BCUT2D eigenvalue weighted by Crippen LogP contribution is -2.26. The van der Waals surface area contributed by atoms with E-state index in [4.69, 9.17) is 14.2 Å². The van der Waals surface area contributed by atoms with Gasteiger partial charge in [-0.2, -0.15) is 0 Å². The minimum Gasteiger partial charge on any atom is -0.497 e. The molecule has 0 aliphatic heterocycles. The summed E-state index contributed by atoms with van der Waals surface area (Å²) in [6.07, 6.45) is -1.14. The first-order chi connectivity index (χ1) is 14.5. The molecule has 3 aromatic carbocycles. The Balaban J connectivity index is 1.89. The fraction of sp³-hybridized carbons (Fsp3) is 0.167. The molecule has 0 heterocycles. The van der Waals surface area contributed by atoms with Gasteiger partial charge in [0.15, 0.2) is 0 Å². The Bertz CT molecular complexity index is 1030. The molecular formula is C24H23NO5. The van der Waals surface area contributed by atoms with Gasteiger partial charge in [-0.15, -0.1) is 0 Å². The second-order valence-electron chi connectivity index (χ2n) is 6.62. The number of amides is 1. The molecule has 1 atom stereocenters. The van der Waals surface area contributed by atoms with Gasteiger partial charge < -0.3 is 19.5 Å². The smallest absolute Gasteiger partial charge is 0.343 e. The quantitative estimate of drug-likeness (QED) is 0.584. The lowest BCUT2D eigenvalue weighted by molar-refractivity contribution is -0.125. The molecule has 0 fully saturated rings. The molecule has 0 radical (unpaired) electrons. The Morgan fingerprint density at radius 2 is 1.63 bits per heavy atom. The van der Waals surface area contributed by atoms with Gasteiger partial charge in [0.25, 0.3) is 5.91 Å². The standard InChI is InChI=1S/C24H23NO5/c1-16-12-13-21(29-3)20(14-16)24(27)30-22(17-8-5-4-6-9-17)23(26)25-18-10-7-11-19(15-18)28-2/h4-15,22H,1-3H3,(H,25,26)/t22-/m0/s1. The third-order valence-electron chi connectivity index (χ3n) is 4.48. The van der Waals surface area contributed by atoms with Crippen LogP contribution in [0.25, 0.3) is 0 Å². The van der Waals surface area contributed by atoms with Crippen LogP contribution in [-0.4, -0.2) is 26.1 Å².